The molecule has 0 N–H and O–H groups in total. The number of hydrogen-bond donors (Lipinski definition) is 0. The number of furan rings is 1. The fourth-order valence-corrected chi connectivity index (χ4v) is 1.86. The van der Waals surface area contributed by atoms with E-state index >= 15 is 0 Å². The monoisotopic (exact) mass is 286 g/mol. The second-order valence-electron chi connectivity index (χ2n) is 2.96. The van der Waals surface area contributed by atoms with Crippen LogP contribution in [0.15, 0.2) is 27.5 Å². The molecule has 0 aliphatic carbocycles. The highest BCUT2D eigenvalue weighted by Gasteiger charge is 2.11. The van der Waals surface area contributed by atoms with Gasteiger partial charge in [-0.05, 0) is 28.4 Å². The van der Waals surface area contributed by atoms with Gasteiger partial charge in [-0.25, -0.2) is 9.97 Å². The SMILES string of the molecule is CCc1nc(-c2ccoc2)nc(Cl)c1Br. The van der Waals surface area contributed by atoms with Gasteiger partial charge in [-0.15, -0.1) is 0 Å². The van der Waals surface area contributed by atoms with Crippen LogP contribution in [0, 0.1) is 0 Å². The first-order chi connectivity index (χ1) is 7.22. The molecule has 3 nitrogen and oxygen atoms in total. The molecule has 0 saturated carbocycles. The van der Waals surface area contributed by atoms with E-state index in [-0.39, 0.29) is 0 Å². The van der Waals surface area contributed by atoms with Gasteiger partial charge in [-0.1, -0.05) is 18.5 Å². The topological polar surface area (TPSA) is 38.9 Å². The van der Waals surface area contributed by atoms with Gasteiger partial charge >= 0.3 is 0 Å². The van der Waals surface area contributed by atoms with Crippen molar-refractivity contribution in [1.29, 1.82) is 0 Å². The van der Waals surface area contributed by atoms with Gasteiger partial charge in [0.05, 0.1) is 22.0 Å². The summed E-state index contributed by atoms with van der Waals surface area (Å²) in [4.78, 5) is 8.56. The second-order valence-corrected chi connectivity index (χ2v) is 4.12. The summed E-state index contributed by atoms with van der Waals surface area (Å²) in [6.45, 7) is 2.02. The number of halogens is 2. The van der Waals surface area contributed by atoms with Gasteiger partial charge in [0.1, 0.15) is 11.4 Å². The molecule has 0 atom stereocenters. The average Bonchev–Trinajstić information content (AvgIpc) is 2.75. The van der Waals surface area contributed by atoms with Gasteiger partial charge in [0, 0.05) is 0 Å². The molecule has 2 rings (SSSR count). The van der Waals surface area contributed by atoms with E-state index in [1.165, 1.54) is 0 Å². The summed E-state index contributed by atoms with van der Waals surface area (Å²) in [5.41, 5.74) is 1.73. The van der Waals surface area contributed by atoms with Gasteiger partial charge in [0.25, 0.3) is 0 Å². The molecule has 2 aromatic rings. The van der Waals surface area contributed by atoms with Crippen molar-refractivity contribution in [3.63, 3.8) is 0 Å². The Balaban J connectivity index is 2.55. The van der Waals surface area contributed by atoms with Gasteiger partial charge in [0.15, 0.2) is 5.82 Å². The Hall–Kier alpha value is -0.870. The molecule has 2 aromatic heterocycles. The molecule has 0 spiro atoms. The molecule has 0 saturated heterocycles. The largest absolute Gasteiger partial charge is 0.472 e. The van der Waals surface area contributed by atoms with Crippen molar-refractivity contribution in [1.82, 2.24) is 9.97 Å². The molecular weight excluding hydrogens is 279 g/mol. The fraction of sp³-hybridized carbons (Fsp3) is 0.200. The van der Waals surface area contributed by atoms with Crippen LogP contribution in [-0.2, 0) is 6.42 Å². The standard InChI is InChI=1S/C10H8BrClN2O/c1-2-7-8(11)9(12)14-10(13-7)6-3-4-15-5-6/h3-5H,2H2,1H3. The van der Waals surface area contributed by atoms with Crippen LogP contribution < -0.4 is 0 Å². The minimum Gasteiger partial charge on any atom is -0.472 e. The fourth-order valence-electron chi connectivity index (χ4n) is 1.22. The quantitative estimate of drug-likeness (QED) is 0.790. The summed E-state index contributed by atoms with van der Waals surface area (Å²) < 4.78 is 5.74. The molecule has 0 aromatic carbocycles. The first-order valence-corrected chi connectivity index (χ1v) is 5.64. The Bertz CT molecular complexity index is 471. The van der Waals surface area contributed by atoms with E-state index in [1.54, 1.807) is 18.6 Å². The van der Waals surface area contributed by atoms with E-state index in [0.29, 0.717) is 11.0 Å². The third kappa shape index (κ3) is 2.06. The second kappa shape index (κ2) is 4.33. The Kier molecular flexibility index (Phi) is 3.07. The average molecular weight is 288 g/mol. The van der Waals surface area contributed by atoms with Crippen molar-refractivity contribution in [3.05, 3.63) is 33.9 Å². The van der Waals surface area contributed by atoms with E-state index in [9.17, 15) is 0 Å². The minimum absolute atomic E-state index is 0.429. The van der Waals surface area contributed by atoms with Crippen LogP contribution in [0.1, 0.15) is 12.6 Å². The van der Waals surface area contributed by atoms with Crippen LogP contribution in [-0.4, -0.2) is 9.97 Å². The predicted molar refractivity (Wildman–Crippen MR) is 61.8 cm³/mol. The van der Waals surface area contributed by atoms with E-state index < -0.39 is 0 Å². The highest BCUT2D eigenvalue weighted by atomic mass is 79.9. The summed E-state index contributed by atoms with van der Waals surface area (Å²) in [6.07, 6.45) is 3.98. The molecule has 2 heterocycles. The molecule has 0 fully saturated rings. The van der Waals surface area contributed by atoms with Gasteiger partial charge in [-0.2, -0.15) is 0 Å². The molecule has 0 amide bonds. The van der Waals surface area contributed by atoms with E-state index in [4.69, 9.17) is 16.0 Å². The van der Waals surface area contributed by atoms with Gasteiger partial charge < -0.3 is 4.42 Å². The summed E-state index contributed by atoms with van der Waals surface area (Å²) >= 11 is 9.34. The third-order valence-corrected chi connectivity index (χ3v) is 3.33. The lowest BCUT2D eigenvalue weighted by atomic mass is 10.3. The highest BCUT2D eigenvalue weighted by Crippen LogP contribution is 2.27. The van der Waals surface area contributed by atoms with Crippen molar-refractivity contribution in [3.8, 4) is 11.4 Å². The maximum atomic E-state index is 5.99. The normalized spacial score (nSPS) is 10.6. The van der Waals surface area contributed by atoms with E-state index in [1.807, 2.05) is 6.92 Å². The third-order valence-electron chi connectivity index (χ3n) is 1.99. The van der Waals surface area contributed by atoms with Crippen molar-refractivity contribution < 1.29 is 4.42 Å². The van der Waals surface area contributed by atoms with Crippen LogP contribution in [0.2, 0.25) is 5.15 Å². The zero-order chi connectivity index (χ0) is 10.8. The summed E-state index contributed by atoms with van der Waals surface area (Å²) in [6, 6.07) is 1.80. The molecule has 78 valence electrons. The van der Waals surface area contributed by atoms with E-state index in [2.05, 4.69) is 25.9 Å². The van der Waals surface area contributed by atoms with Gasteiger partial charge in [0.2, 0.25) is 0 Å². The van der Waals surface area contributed by atoms with Crippen LogP contribution in [0.5, 0.6) is 0 Å². The molecule has 0 unspecified atom stereocenters. The van der Waals surface area contributed by atoms with Crippen LogP contribution in [0.3, 0.4) is 0 Å². The van der Waals surface area contributed by atoms with Crippen LogP contribution >= 0.6 is 27.5 Å². The molecule has 0 aliphatic rings. The highest BCUT2D eigenvalue weighted by molar-refractivity contribution is 9.10. The Labute approximate surface area is 101 Å². The van der Waals surface area contributed by atoms with Crippen molar-refractivity contribution in [2.45, 2.75) is 13.3 Å². The Morgan fingerprint density at radius 2 is 2.27 bits per heavy atom. The summed E-state index contributed by atoms with van der Waals surface area (Å²) in [5.74, 6) is 0.591. The number of aryl methyl sites for hydroxylation is 1. The van der Waals surface area contributed by atoms with Gasteiger partial charge in [-0.3, -0.25) is 0 Å². The van der Waals surface area contributed by atoms with Crippen LogP contribution in [0.25, 0.3) is 11.4 Å². The lowest BCUT2D eigenvalue weighted by Gasteiger charge is -2.04. The van der Waals surface area contributed by atoms with Crippen molar-refractivity contribution >= 4 is 27.5 Å². The zero-order valence-electron chi connectivity index (χ0n) is 8.00. The molecular formula is C10H8BrClN2O. The smallest absolute Gasteiger partial charge is 0.164 e. The minimum atomic E-state index is 0.429. The van der Waals surface area contributed by atoms with Crippen molar-refractivity contribution in [2.75, 3.05) is 0 Å². The maximum absolute atomic E-state index is 5.99. The summed E-state index contributed by atoms with van der Waals surface area (Å²) in [5, 5.41) is 0.429. The number of rotatable bonds is 2. The Morgan fingerprint density at radius 3 is 2.87 bits per heavy atom. The lowest BCUT2D eigenvalue weighted by Crippen LogP contribution is -1.96. The van der Waals surface area contributed by atoms with Crippen molar-refractivity contribution in [2.24, 2.45) is 0 Å². The number of hydrogen-bond acceptors (Lipinski definition) is 3. The summed E-state index contributed by atoms with van der Waals surface area (Å²) in [7, 11) is 0. The first-order valence-electron chi connectivity index (χ1n) is 4.47. The predicted octanol–water partition coefficient (Wildman–Crippen LogP) is 3.71. The maximum Gasteiger partial charge on any atom is 0.164 e. The number of nitrogens with zero attached hydrogens (tertiary/aromatic N) is 2. The first kappa shape index (κ1) is 10.6. The zero-order valence-corrected chi connectivity index (χ0v) is 10.3. The van der Waals surface area contributed by atoms with Crippen LogP contribution in [0.4, 0.5) is 0 Å². The van der Waals surface area contributed by atoms with E-state index in [0.717, 1.165) is 22.2 Å². The number of aromatic nitrogens is 2. The molecule has 0 radical (unpaired) electrons. The molecule has 0 aliphatic heterocycles. The Morgan fingerprint density at radius 1 is 1.47 bits per heavy atom. The molecule has 15 heavy (non-hydrogen) atoms. The molecule has 0 bridgehead atoms. The molecule has 5 heteroatoms. The lowest BCUT2D eigenvalue weighted by molar-refractivity contribution is 0.568.